The van der Waals surface area contributed by atoms with Crippen molar-refractivity contribution in [3.05, 3.63) is 23.2 Å². The van der Waals surface area contributed by atoms with E-state index in [0.717, 1.165) is 22.7 Å². The van der Waals surface area contributed by atoms with Crippen LogP contribution in [0.3, 0.4) is 0 Å². The number of fused-ring (bicyclic) bond motifs is 6. The fraction of sp³-hybridized carbons (Fsp3) is 0.562. The molecule has 0 unspecified atom stereocenters. The summed E-state index contributed by atoms with van der Waals surface area (Å²) in [4.78, 5) is 10.9. The molecule has 3 aliphatic rings. The average molecular weight is 326 g/mol. The number of nitrogens with zero attached hydrogens (tertiary/aromatic N) is 6. The number of aliphatic imine (C=N–C) groups is 1. The molecular weight excluding hydrogens is 308 g/mol. The molecule has 5 rings (SSSR count). The lowest BCUT2D eigenvalue weighted by Gasteiger charge is -2.26. The van der Waals surface area contributed by atoms with Crippen LogP contribution in [0.4, 0.5) is 0 Å². The Morgan fingerprint density at radius 2 is 2.30 bits per heavy atom. The van der Waals surface area contributed by atoms with E-state index in [1.165, 1.54) is 43.4 Å². The molecule has 0 fully saturated rings. The van der Waals surface area contributed by atoms with Crippen LogP contribution in [-0.2, 0) is 0 Å². The zero-order valence-electron chi connectivity index (χ0n) is 13.1. The van der Waals surface area contributed by atoms with Crippen LogP contribution < -0.4 is 0 Å². The lowest BCUT2D eigenvalue weighted by atomic mass is 9.87. The van der Waals surface area contributed by atoms with Crippen molar-refractivity contribution in [1.82, 2.24) is 25.0 Å². The topological polar surface area (TPSA) is 68.3 Å². The lowest BCUT2D eigenvalue weighted by molar-refractivity contribution is 0.689. The molecule has 0 radical (unpaired) electrons. The summed E-state index contributed by atoms with van der Waals surface area (Å²) in [5, 5.41) is 12.2. The van der Waals surface area contributed by atoms with Gasteiger partial charge in [-0.3, -0.25) is 4.99 Å². The Morgan fingerprint density at radius 1 is 1.35 bits per heavy atom. The van der Waals surface area contributed by atoms with Gasteiger partial charge < -0.3 is 0 Å². The van der Waals surface area contributed by atoms with Crippen LogP contribution in [0.1, 0.15) is 57.1 Å². The maximum absolute atomic E-state index is 5.13. The van der Waals surface area contributed by atoms with Crippen molar-refractivity contribution < 1.29 is 0 Å². The predicted octanol–water partition coefficient (Wildman–Crippen LogP) is 3.16. The van der Waals surface area contributed by atoms with Crippen LogP contribution >= 0.6 is 11.8 Å². The maximum atomic E-state index is 5.13. The third-order valence-corrected chi connectivity index (χ3v) is 6.33. The molecular formula is C16H18N6S. The first kappa shape index (κ1) is 13.7. The van der Waals surface area contributed by atoms with E-state index in [1.54, 1.807) is 28.2 Å². The van der Waals surface area contributed by atoms with Gasteiger partial charge in [-0.2, -0.15) is 4.52 Å². The summed E-state index contributed by atoms with van der Waals surface area (Å²) >= 11 is 1.79. The van der Waals surface area contributed by atoms with Crippen molar-refractivity contribution >= 4 is 23.1 Å². The van der Waals surface area contributed by atoms with E-state index in [-0.39, 0.29) is 5.37 Å². The second kappa shape index (κ2) is 5.12. The van der Waals surface area contributed by atoms with Crippen LogP contribution in [0.25, 0.3) is 5.65 Å². The largest absolute Gasteiger partial charge is 0.274 e. The number of rotatable bonds is 3. The van der Waals surface area contributed by atoms with Gasteiger partial charge in [0.05, 0.1) is 16.5 Å². The Balaban J connectivity index is 1.63. The molecule has 0 saturated heterocycles. The third kappa shape index (κ3) is 1.92. The highest BCUT2D eigenvalue weighted by atomic mass is 32.2. The van der Waals surface area contributed by atoms with Crippen molar-refractivity contribution in [2.75, 3.05) is 0 Å². The monoisotopic (exact) mass is 326 g/mol. The highest BCUT2D eigenvalue weighted by Crippen LogP contribution is 2.55. The quantitative estimate of drug-likeness (QED) is 0.866. The van der Waals surface area contributed by atoms with Crippen LogP contribution in [-0.4, -0.2) is 36.1 Å². The Labute approximate surface area is 138 Å². The van der Waals surface area contributed by atoms with Gasteiger partial charge in [-0.25, -0.2) is 4.98 Å². The van der Waals surface area contributed by atoms with Crippen LogP contribution in [0, 0.1) is 0 Å². The molecule has 0 saturated carbocycles. The molecule has 2 atom stereocenters. The smallest absolute Gasteiger partial charge is 0.196 e. The summed E-state index contributed by atoms with van der Waals surface area (Å²) in [5.74, 6) is 0.333. The Morgan fingerprint density at radius 3 is 3.22 bits per heavy atom. The lowest BCUT2D eigenvalue weighted by Crippen LogP contribution is -2.21. The predicted molar refractivity (Wildman–Crippen MR) is 88.8 cm³/mol. The number of thioether (sulfide) groups is 1. The maximum Gasteiger partial charge on any atom is 0.196 e. The van der Waals surface area contributed by atoms with E-state index in [9.17, 15) is 0 Å². The van der Waals surface area contributed by atoms with Crippen molar-refractivity contribution in [3.63, 3.8) is 0 Å². The van der Waals surface area contributed by atoms with Gasteiger partial charge in [-0.15, -0.1) is 5.10 Å². The zero-order chi connectivity index (χ0) is 15.4. The molecule has 23 heavy (non-hydrogen) atoms. The molecule has 0 bridgehead atoms. The molecule has 0 N–H and O–H groups in total. The molecule has 0 spiro atoms. The fourth-order valence-corrected chi connectivity index (χ4v) is 5.43. The Bertz CT molecular complexity index is 851. The SMILES string of the molecule is CCCCC1=N[C@H]2Sc3c(ncn4nnnc34)[C@@H]2C2=C1CCC2. The number of hydrogen-bond acceptors (Lipinski definition) is 6. The normalized spacial score (nSPS) is 25.5. The van der Waals surface area contributed by atoms with Gasteiger partial charge in [0.1, 0.15) is 11.7 Å². The number of hydrogen-bond donors (Lipinski definition) is 0. The van der Waals surface area contributed by atoms with E-state index >= 15 is 0 Å². The third-order valence-electron chi connectivity index (χ3n) is 5.09. The van der Waals surface area contributed by atoms with E-state index in [1.807, 2.05) is 0 Å². The first-order valence-corrected chi connectivity index (χ1v) is 9.27. The van der Waals surface area contributed by atoms with Crippen molar-refractivity contribution in [2.45, 2.75) is 61.6 Å². The first-order valence-electron chi connectivity index (χ1n) is 8.39. The van der Waals surface area contributed by atoms with Crippen LogP contribution in [0.2, 0.25) is 0 Å². The molecule has 2 aromatic heterocycles. The molecule has 0 amide bonds. The van der Waals surface area contributed by atoms with E-state index in [0.29, 0.717) is 5.92 Å². The number of dihydropyridines is 1. The molecule has 4 heterocycles. The van der Waals surface area contributed by atoms with Gasteiger partial charge in [0.2, 0.25) is 0 Å². The zero-order valence-corrected chi connectivity index (χ0v) is 13.9. The minimum Gasteiger partial charge on any atom is -0.274 e. The second-order valence-corrected chi connectivity index (χ2v) is 7.56. The van der Waals surface area contributed by atoms with E-state index in [2.05, 4.69) is 27.4 Å². The molecule has 6 nitrogen and oxygen atoms in total. The molecule has 7 heteroatoms. The van der Waals surface area contributed by atoms with E-state index < -0.39 is 0 Å². The van der Waals surface area contributed by atoms with Gasteiger partial charge in [0.15, 0.2) is 5.65 Å². The standard InChI is InChI=1S/C16H18N6S/c1-2-3-7-11-9-5-4-6-10(9)12-13-14(23-16(12)18-11)15-19-20-21-22(15)8-17-13/h8,12,16H,2-7H2,1H3/t12-,16-/m0/s1. The summed E-state index contributed by atoms with van der Waals surface area (Å²) in [5.41, 5.74) is 6.44. The number of allylic oxidation sites excluding steroid dienone is 1. The second-order valence-electron chi connectivity index (χ2n) is 6.43. The fourth-order valence-electron chi connectivity index (χ4n) is 4.04. The van der Waals surface area contributed by atoms with Crippen molar-refractivity contribution in [1.29, 1.82) is 0 Å². The minimum absolute atomic E-state index is 0.226. The molecule has 2 aromatic rings. The molecule has 118 valence electrons. The molecule has 0 aromatic carbocycles. The van der Waals surface area contributed by atoms with Crippen LogP contribution in [0.15, 0.2) is 27.4 Å². The Kier molecular flexibility index (Phi) is 3.04. The summed E-state index contributed by atoms with van der Waals surface area (Å²) in [6, 6.07) is 0. The van der Waals surface area contributed by atoms with Gasteiger partial charge in [-0.05, 0) is 48.1 Å². The summed E-state index contributed by atoms with van der Waals surface area (Å²) in [6.07, 6.45) is 8.94. The summed E-state index contributed by atoms with van der Waals surface area (Å²) < 4.78 is 1.66. The Hall–Kier alpha value is -1.76. The average Bonchev–Trinajstić information content (AvgIpc) is 3.27. The van der Waals surface area contributed by atoms with Crippen LogP contribution in [0.5, 0.6) is 0 Å². The van der Waals surface area contributed by atoms with E-state index in [4.69, 9.17) is 4.99 Å². The number of tetrazole rings is 1. The summed E-state index contributed by atoms with van der Waals surface area (Å²) in [6.45, 7) is 2.25. The minimum atomic E-state index is 0.226. The number of aromatic nitrogens is 5. The highest BCUT2D eigenvalue weighted by molar-refractivity contribution is 8.00. The molecule has 2 aliphatic heterocycles. The van der Waals surface area contributed by atoms with Gasteiger partial charge in [0, 0.05) is 5.71 Å². The van der Waals surface area contributed by atoms with Crippen molar-refractivity contribution in [3.8, 4) is 0 Å². The molecule has 1 aliphatic carbocycles. The van der Waals surface area contributed by atoms with Gasteiger partial charge >= 0.3 is 0 Å². The summed E-state index contributed by atoms with van der Waals surface area (Å²) in [7, 11) is 0. The van der Waals surface area contributed by atoms with Crippen molar-refractivity contribution in [2.24, 2.45) is 4.99 Å². The first-order chi connectivity index (χ1) is 11.4. The highest BCUT2D eigenvalue weighted by Gasteiger charge is 2.44. The van der Waals surface area contributed by atoms with Gasteiger partial charge in [0.25, 0.3) is 0 Å². The van der Waals surface area contributed by atoms with Gasteiger partial charge in [-0.1, -0.05) is 30.7 Å². The number of unbranched alkanes of at least 4 members (excludes halogenated alkanes) is 1.